The maximum atomic E-state index is 13.2. The Balaban J connectivity index is 0.660. The van der Waals surface area contributed by atoms with Crippen LogP contribution in [-0.2, 0) is 51.1 Å². The Bertz CT molecular complexity index is 2150. The summed E-state index contributed by atoms with van der Waals surface area (Å²) in [5.41, 5.74) is 3.36. The van der Waals surface area contributed by atoms with E-state index in [2.05, 4.69) is 71.3 Å². The summed E-state index contributed by atoms with van der Waals surface area (Å²) < 4.78 is 38.0. The summed E-state index contributed by atoms with van der Waals surface area (Å²) in [4.78, 5) is 75.0. The van der Waals surface area contributed by atoms with Crippen LogP contribution in [0, 0.1) is 0 Å². The maximum absolute atomic E-state index is 13.2. The number of anilines is 4. The van der Waals surface area contributed by atoms with E-state index in [4.69, 9.17) is 23.9 Å². The molecule has 4 aliphatic rings. The normalized spacial score (nSPS) is 18.3. The van der Waals surface area contributed by atoms with Gasteiger partial charge >= 0.3 is 0 Å². The zero-order chi connectivity index (χ0) is 45.5. The van der Waals surface area contributed by atoms with Crippen molar-refractivity contribution in [3.63, 3.8) is 0 Å². The molecule has 19 nitrogen and oxygen atoms in total. The Labute approximate surface area is 389 Å². The second-order valence-electron chi connectivity index (χ2n) is 15.8. The van der Waals surface area contributed by atoms with Crippen LogP contribution >= 0.6 is 15.9 Å². The topological polar surface area (TPSA) is 229 Å². The number of nitrogens with one attached hydrogen (secondary N) is 4. The molecule has 0 bridgehead atoms. The highest BCUT2D eigenvalue weighted by molar-refractivity contribution is 9.10. The molecule has 0 radical (unpaired) electrons. The lowest BCUT2D eigenvalue weighted by Crippen LogP contribution is -2.54. The molecule has 2 fully saturated rings. The average Bonchev–Trinajstić information content (AvgIpc) is 3.56. The minimum Gasteiger partial charge on any atom is -0.598 e. The van der Waals surface area contributed by atoms with Crippen LogP contribution in [0.3, 0.4) is 0 Å². The van der Waals surface area contributed by atoms with Gasteiger partial charge in [0.15, 0.2) is 5.82 Å². The van der Waals surface area contributed by atoms with Crippen LogP contribution in [0.2, 0.25) is 0 Å². The number of amides is 5. The molecule has 0 spiro atoms. The second-order valence-corrected chi connectivity index (χ2v) is 18.2. The van der Waals surface area contributed by atoms with Crippen LogP contribution in [0.15, 0.2) is 53.1 Å². The van der Waals surface area contributed by atoms with E-state index in [9.17, 15) is 28.5 Å². The number of hydrogen-bond acceptors (Lipinski definition) is 16. The number of benzene rings is 2. The standard InChI is InChI=1S/C44H56BrN9O10S/c45-33-29-48-44(51-40(33)53-17-4-6-30-5-1-2-9-35(30)53)49-31-12-18-52(19-13-31)65(60)28-16-47-37(55)14-20-61-22-24-63-26-27-64-25-23-62-21-15-46-34-8-3-7-32-39(34)43(59)54(42(32)58)36-10-11-38(56)50-41(36)57/h1-3,5,7-9,29,31,36,46H,4,6,10-28H2,(H,47,55)(H,48,49,51)(H,50,56,57). The number of carbonyl (C=O) groups excluding carboxylic acids is 5. The summed E-state index contributed by atoms with van der Waals surface area (Å²) in [6.45, 7) is 5.59. The lowest BCUT2D eigenvalue weighted by atomic mass is 10.0. The zero-order valence-electron chi connectivity index (χ0n) is 36.2. The van der Waals surface area contributed by atoms with Crippen molar-refractivity contribution in [3.05, 3.63) is 69.8 Å². The van der Waals surface area contributed by atoms with Crippen LogP contribution in [0.25, 0.3) is 0 Å². The minimum atomic E-state index is -1.20. The Morgan fingerprint density at radius 1 is 0.846 bits per heavy atom. The van der Waals surface area contributed by atoms with Crippen molar-refractivity contribution in [1.29, 1.82) is 0 Å². The third-order valence-electron chi connectivity index (χ3n) is 11.4. The van der Waals surface area contributed by atoms with Crippen molar-refractivity contribution in [1.82, 2.24) is 29.8 Å². The summed E-state index contributed by atoms with van der Waals surface area (Å²) in [6, 6.07) is 12.5. The van der Waals surface area contributed by atoms with Gasteiger partial charge in [0.25, 0.3) is 11.8 Å². The van der Waals surface area contributed by atoms with E-state index >= 15 is 0 Å². The van der Waals surface area contributed by atoms with Gasteiger partial charge in [0.05, 0.1) is 75.0 Å². The molecule has 1 aromatic heterocycles. The third kappa shape index (κ3) is 13.0. The fraction of sp³-hybridized carbons (Fsp3) is 0.523. The Kier molecular flexibility index (Phi) is 17.9. The van der Waals surface area contributed by atoms with Gasteiger partial charge in [-0.15, -0.1) is 4.31 Å². The van der Waals surface area contributed by atoms with Gasteiger partial charge in [0, 0.05) is 74.0 Å². The van der Waals surface area contributed by atoms with Gasteiger partial charge in [0.1, 0.15) is 11.8 Å². The zero-order valence-corrected chi connectivity index (χ0v) is 38.6. The molecule has 2 saturated heterocycles. The number of ether oxygens (including phenoxy) is 4. The van der Waals surface area contributed by atoms with E-state index in [1.165, 1.54) is 11.3 Å². The first-order chi connectivity index (χ1) is 31.7. The van der Waals surface area contributed by atoms with Gasteiger partial charge in [-0.3, -0.25) is 34.2 Å². The molecule has 2 atom stereocenters. The lowest BCUT2D eigenvalue weighted by molar-refractivity contribution is -0.136. The molecule has 0 aliphatic carbocycles. The van der Waals surface area contributed by atoms with Gasteiger partial charge in [-0.1, -0.05) is 24.3 Å². The van der Waals surface area contributed by atoms with Gasteiger partial charge in [-0.25, -0.2) is 4.98 Å². The number of fused-ring (bicyclic) bond motifs is 2. The minimum absolute atomic E-state index is 0.0554. The predicted octanol–water partition coefficient (Wildman–Crippen LogP) is 2.95. The van der Waals surface area contributed by atoms with E-state index in [1.54, 1.807) is 24.4 Å². The fourth-order valence-electron chi connectivity index (χ4n) is 8.10. The number of nitrogens with zero attached hydrogens (tertiary/aromatic N) is 5. The molecule has 5 amide bonds. The number of halogens is 1. The van der Waals surface area contributed by atoms with Crippen LogP contribution in [0.5, 0.6) is 0 Å². The number of aryl methyl sites for hydroxylation is 1. The molecule has 2 unspecified atom stereocenters. The molecule has 65 heavy (non-hydrogen) atoms. The summed E-state index contributed by atoms with van der Waals surface area (Å²) in [7, 11) is 0. The summed E-state index contributed by atoms with van der Waals surface area (Å²) in [5.74, 6) is -0.592. The van der Waals surface area contributed by atoms with Crippen molar-refractivity contribution in [2.75, 3.05) is 107 Å². The highest BCUT2D eigenvalue weighted by atomic mass is 79.9. The Hall–Kier alpha value is -4.74. The van der Waals surface area contributed by atoms with E-state index in [0.717, 1.165) is 47.4 Å². The third-order valence-corrected chi connectivity index (χ3v) is 13.4. The van der Waals surface area contributed by atoms with Gasteiger partial charge in [-0.05, 0) is 71.8 Å². The van der Waals surface area contributed by atoms with Crippen LogP contribution in [0.4, 0.5) is 23.1 Å². The first kappa shape index (κ1) is 48.2. The van der Waals surface area contributed by atoms with E-state index in [1.807, 2.05) is 4.31 Å². The molecular formula is C44H56BrN9O10S. The second kappa shape index (κ2) is 24.2. The molecule has 2 aromatic carbocycles. The number of hydrogen-bond donors (Lipinski definition) is 4. The van der Waals surface area contributed by atoms with Crippen molar-refractivity contribution >= 4 is 80.0 Å². The van der Waals surface area contributed by atoms with Crippen molar-refractivity contribution < 1.29 is 47.5 Å². The van der Waals surface area contributed by atoms with Crippen molar-refractivity contribution in [2.45, 2.75) is 57.0 Å². The Morgan fingerprint density at radius 2 is 1.57 bits per heavy atom. The Morgan fingerprint density at radius 3 is 2.32 bits per heavy atom. The summed E-state index contributed by atoms with van der Waals surface area (Å²) in [6.07, 6.45) is 5.86. The molecular weight excluding hydrogens is 927 g/mol. The number of piperidine rings is 2. The van der Waals surface area contributed by atoms with Crippen LogP contribution in [-0.4, -0.2) is 157 Å². The number of carbonyl (C=O) groups is 5. The molecule has 3 aromatic rings. The smallest absolute Gasteiger partial charge is 0.264 e. The van der Waals surface area contributed by atoms with E-state index in [-0.39, 0.29) is 48.9 Å². The quantitative estimate of drug-likeness (QED) is 0.0575. The largest absolute Gasteiger partial charge is 0.598 e. The van der Waals surface area contributed by atoms with Gasteiger partial charge in [0.2, 0.25) is 23.7 Å². The van der Waals surface area contributed by atoms with Crippen LogP contribution < -0.4 is 26.2 Å². The summed E-state index contributed by atoms with van der Waals surface area (Å²) >= 11 is 2.45. The number of rotatable bonds is 24. The highest BCUT2D eigenvalue weighted by Crippen LogP contribution is 2.37. The average molecular weight is 983 g/mol. The van der Waals surface area contributed by atoms with Crippen LogP contribution in [0.1, 0.15) is 64.8 Å². The monoisotopic (exact) mass is 981 g/mol. The molecule has 7 rings (SSSR count). The number of imide groups is 2. The SMILES string of the molecule is O=C(CCOCCOCCOCCOCCNc1cccc2c1C(=O)N(C1CCC(=O)NC1=O)C2=O)NCC[S+]([O-])N1CCC(Nc2ncc(Br)c(N3CCCc4ccccc43)n2)CC1. The van der Waals surface area contributed by atoms with E-state index in [0.29, 0.717) is 89.8 Å². The first-order valence-electron chi connectivity index (χ1n) is 22.1. The molecule has 4 aliphatic heterocycles. The first-order valence-corrected chi connectivity index (χ1v) is 24.2. The van der Waals surface area contributed by atoms with E-state index < -0.39 is 41.0 Å². The molecule has 5 heterocycles. The summed E-state index contributed by atoms with van der Waals surface area (Å²) in [5, 5.41) is 11.7. The predicted molar refractivity (Wildman–Crippen MR) is 245 cm³/mol. The number of aromatic nitrogens is 2. The maximum Gasteiger partial charge on any atom is 0.264 e. The number of para-hydroxylation sites is 1. The highest BCUT2D eigenvalue weighted by Gasteiger charge is 2.45. The fourth-order valence-corrected chi connectivity index (χ4v) is 9.66. The van der Waals surface area contributed by atoms with Crippen molar-refractivity contribution in [2.24, 2.45) is 0 Å². The van der Waals surface area contributed by atoms with Gasteiger partial charge in [-0.2, -0.15) is 4.98 Å². The molecule has 350 valence electrons. The lowest BCUT2D eigenvalue weighted by Gasteiger charge is -2.33. The molecule has 4 N–H and O–H groups in total. The van der Waals surface area contributed by atoms with Crippen molar-refractivity contribution in [3.8, 4) is 0 Å². The molecule has 0 saturated carbocycles. The van der Waals surface area contributed by atoms with Gasteiger partial charge < -0.3 is 44.4 Å². The molecule has 21 heteroatoms.